The Morgan fingerprint density at radius 2 is 1.89 bits per heavy atom. The standard InChI is InChI=1S/C12H12ClNO3S2/c13-11-6-7-12(18-11)19(16,17)14-10(8-15)9-4-2-1-3-5-9/h1-7,10,14-15H,8H2. The largest absolute Gasteiger partial charge is 0.394 e. The van der Waals surface area contributed by atoms with E-state index in [0.717, 1.165) is 11.3 Å². The summed E-state index contributed by atoms with van der Waals surface area (Å²) in [7, 11) is -3.67. The predicted molar refractivity (Wildman–Crippen MR) is 75.9 cm³/mol. The summed E-state index contributed by atoms with van der Waals surface area (Å²) < 4.78 is 27.2. The molecule has 7 heteroatoms. The second-order valence-electron chi connectivity index (χ2n) is 3.83. The second-order valence-corrected chi connectivity index (χ2v) is 7.48. The Hall–Kier alpha value is -0.920. The van der Waals surface area contributed by atoms with Crippen LogP contribution in [0.15, 0.2) is 46.7 Å². The molecule has 2 rings (SSSR count). The highest BCUT2D eigenvalue weighted by Crippen LogP contribution is 2.26. The molecule has 0 spiro atoms. The minimum absolute atomic E-state index is 0.131. The first kappa shape index (κ1) is 14.5. The van der Waals surface area contributed by atoms with Gasteiger partial charge >= 0.3 is 0 Å². The van der Waals surface area contributed by atoms with E-state index in [0.29, 0.717) is 9.90 Å². The van der Waals surface area contributed by atoms with Crippen molar-refractivity contribution in [2.75, 3.05) is 6.61 Å². The van der Waals surface area contributed by atoms with Crippen molar-refractivity contribution in [2.45, 2.75) is 10.3 Å². The fourth-order valence-corrected chi connectivity index (χ4v) is 4.30. The summed E-state index contributed by atoms with van der Waals surface area (Å²) in [5, 5.41) is 9.35. The minimum atomic E-state index is -3.67. The van der Waals surface area contributed by atoms with E-state index in [9.17, 15) is 13.5 Å². The number of nitrogens with one attached hydrogen (secondary N) is 1. The highest BCUT2D eigenvalue weighted by atomic mass is 35.5. The third-order valence-corrected chi connectivity index (χ3v) is 5.69. The summed E-state index contributed by atoms with van der Waals surface area (Å²) in [5.74, 6) is 0. The van der Waals surface area contributed by atoms with Gasteiger partial charge in [-0.25, -0.2) is 13.1 Å². The molecule has 1 atom stereocenters. The van der Waals surface area contributed by atoms with Crippen molar-refractivity contribution in [3.05, 3.63) is 52.4 Å². The molecule has 2 N–H and O–H groups in total. The molecule has 19 heavy (non-hydrogen) atoms. The van der Waals surface area contributed by atoms with Gasteiger partial charge in [0.25, 0.3) is 10.0 Å². The van der Waals surface area contributed by atoms with Gasteiger partial charge in [-0.1, -0.05) is 41.9 Å². The summed E-state index contributed by atoms with van der Waals surface area (Å²) in [5.41, 5.74) is 0.705. The van der Waals surface area contributed by atoms with Crippen LogP contribution < -0.4 is 4.72 Å². The zero-order chi connectivity index (χ0) is 13.9. The van der Waals surface area contributed by atoms with Crippen molar-refractivity contribution < 1.29 is 13.5 Å². The lowest BCUT2D eigenvalue weighted by atomic mass is 10.1. The fraction of sp³-hybridized carbons (Fsp3) is 0.167. The van der Waals surface area contributed by atoms with Crippen molar-refractivity contribution in [3.63, 3.8) is 0 Å². The summed E-state index contributed by atoms with van der Waals surface area (Å²) in [6.07, 6.45) is 0. The van der Waals surface area contributed by atoms with Gasteiger partial charge in [-0.2, -0.15) is 0 Å². The zero-order valence-electron chi connectivity index (χ0n) is 9.78. The van der Waals surface area contributed by atoms with Gasteiger partial charge in [0.2, 0.25) is 0 Å². The molecule has 0 saturated carbocycles. The van der Waals surface area contributed by atoms with Crippen LogP contribution >= 0.6 is 22.9 Å². The lowest BCUT2D eigenvalue weighted by molar-refractivity contribution is 0.259. The molecule has 1 aromatic carbocycles. The second kappa shape index (κ2) is 6.02. The monoisotopic (exact) mass is 317 g/mol. The van der Waals surface area contributed by atoms with Gasteiger partial charge < -0.3 is 5.11 Å². The lowest BCUT2D eigenvalue weighted by Gasteiger charge is -2.16. The quantitative estimate of drug-likeness (QED) is 0.890. The van der Waals surface area contributed by atoms with E-state index >= 15 is 0 Å². The molecule has 102 valence electrons. The molecule has 0 radical (unpaired) electrons. The number of aliphatic hydroxyl groups excluding tert-OH is 1. The van der Waals surface area contributed by atoms with Gasteiger partial charge in [-0.3, -0.25) is 0 Å². The van der Waals surface area contributed by atoms with Crippen LogP contribution in [0.1, 0.15) is 11.6 Å². The maximum Gasteiger partial charge on any atom is 0.250 e. The van der Waals surface area contributed by atoms with Gasteiger partial charge in [-0.15, -0.1) is 11.3 Å². The number of aliphatic hydroxyl groups is 1. The van der Waals surface area contributed by atoms with Crippen molar-refractivity contribution in [2.24, 2.45) is 0 Å². The van der Waals surface area contributed by atoms with E-state index in [2.05, 4.69) is 4.72 Å². The molecule has 2 aromatic rings. The number of sulfonamides is 1. The van der Waals surface area contributed by atoms with E-state index < -0.39 is 16.1 Å². The van der Waals surface area contributed by atoms with Crippen LogP contribution in [0.2, 0.25) is 4.34 Å². The molecule has 0 saturated heterocycles. The summed E-state index contributed by atoms with van der Waals surface area (Å²) in [6.45, 7) is -0.317. The Kier molecular flexibility index (Phi) is 4.59. The first-order chi connectivity index (χ1) is 9.03. The van der Waals surface area contributed by atoms with Gasteiger partial charge in [-0.05, 0) is 17.7 Å². The van der Waals surface area contributed by atoms with Crippen LogP contribution in [0, 0.1) is 0 Å². The van der Waals surface area contributed by atoms with Gasteiger partial charge in [0.05, 0.1) is 17.0 Å². The fourth-order valence-electron chi connectivity index (χ4n) is 1.58. The molecule has 0 aliphatic rings. The van der Waals surface area contributed by atoms with E-state index in [1.807, 2.05) is 6.07 Å². The van der Waals surface area contributed by atoms with Crippen molar-refractivity contribution >= 4 is 33.0 Å². The van der Waals surface area contributed by atoms with Crippen molar-refractivity contribution in [3.8, 4) is 0 Å². The Morgan fingerprint density at radius 3 is 2.42 bits per heavy atom. The van der Waals surface area contributed by atoms with Crippen molar-refractivity contribution in [1.29, 1.82) is 0 Å². The number of thiophene rings is 1. The SMILES string of the molecule is O=S(=O)(NC(CO)c1ccccc1)c1ccc(Cl)s1. The summed E-state index contributed by atoms with van der Waals surface area (Å²) in [6, 6.07) is 11.2. The molecule has 4 nitrogen and oxygen atoms in total. The Balaban J connectivity index is 2.23. The molecule has 1 heterocycles. The van der Waals surface area contributed by atoms with E-state index in [1.165, 1.54) is 12.1 Å². The van der Waals surface area contributed by atoms with Crippen LogP contribution in [-0.4, -0.2) is 20.1 Å². The van der Waals surface area contributed by atoms with Crippen LogP contribution in [-0.2, 0) is 10.0 Å². The van der Waals surface area contributed by atoms with Gasteiger partial charge in [0.15, 0.2) is 0 Å². The smallest absolute Gasteiger partial charge is 0.250 e. The maximum absolute atomic E-state index is 12.1. The van der Waals surface area contributed by atoms with Gasteiger partial charge in [0, 0.05) is 0 Å². The lowest BCUT2D eigenvalue weighted by Crippen LogP contribution is -2.30. The Morgan fingerprint density at radius 1 is 1.21 bits per heavy atom. The van der Waals surface area contributed by atoms with E-state index in [1.54, 1.807) is 24.3 Å². The Bertz CT molecular complexity index is 640. The van der Waals surface area contributed by atoms with Crippen LogP contribution in [0.3, 0.4) is 0 Å². The third-order valence-electron chi connectivity index (χ3n) is 2.50. The van der Waals surface area contributed by atoms with E-state index in [4.69, 9.17) is 11.6 Å². The van der Waals surface area contributed by atoms with E-state index in [-0.39, 0.29) is 10.8 Å². The highest BCUT2D eigenvalue weighted by molar-refractivity contribution is 7.91. The molecule has 0 aliphatic carbocycles. The molecule has 1 unspecified atom stereocenters. The minimum Gasteiger partial charge on any atom is -0.394 e. The van der Waals surface area contributed by atoms with Gasteiger partial charge in [0.1, 0.15) is 4.21 Å². The Labute approximate surface area is 120 Å². The molecule has 0 amide bonds. The number of benzene rings is 1. The maximum atomic E-state index is 12.1. The third kappa shape index (κ3) is 3.55. The average Bonchev–Trinajstić information content (AvgIpc) is 2.85. The topological polar surface area (TPSA) is 66.4 Å². The first-order valence-corrected chi connectivity index (χ1v) is 8.14. The number of hydrogen-bond acceptors (Lipinski definition) is 4. The number of halogens is 1. The normalized spacial score (nSPS) is 13.4. The summed E-state index contributed by atoms with van der Waals surface area (Å²) >= 11 is 6.71. The van der Waals surface area contributed by atoms with Crippen LogP contribution in [0.5, 0.6) is 0 Å². The number of hydrogen-bond donors (Lipinski definition) is 2. The molecule has 0 aliphatic heterocycles. The predicted octanol–water partition coefficient (Wildman–Crippen LogP) is 2.41. The molecular formula is C12H12ClNO3S2. The molecule has 0 bridgehead atoms. The van der Waals surface area contributed by atoms with Crippen molar-refractivity contribution in [1.82, 2.24) is 4.72 Å². The van der Waals surface area contributed by atoms with Crippen LogP contribution in [0.4, 0.5) is 0 Å². The summed E-state index contributed by atoms with van der Waals surface area (Å²) in [4.78, 5) is 0. The zero-order valence-corrected chi connectivity index (χ0v) is 12.2. The highest BCUT2D eigenvalue weighted by Gasteiger charge is 2.22. The van der Waals surface area contributed by atoms with Crippen LogP contribution in [0.25, 0.3) is 0 Å². The molecule has 0 fully saturated rings. The first-order valence-electron chi connectivity index (χ1n) is 5.46. The molecule has 1 aromatic heterocycles. The average molecular weight is 318 g/mol. The number of rotatable bonds is 5. The molecular weight excluding hydrogens is 306 g/mol.